The van der Waals surface area contributed by atoms with E-state index in [2.05, 4.69) is 42.6 Å². The van der Waals surface area contributed by atoms with Gasteiger partial charge in [-0.1, -0.05) is 18.2 Å². The van der Waals surface area contributed by atoms with E-state index in [0.717, 1.165) is 31.9 Å². The normalized spacial score (nSPS) is 12.8. The molecule has 3 aromatic rings. The van der Waals surface area contributed by atoms with E-state index in [1.807, 2.05) is 29.6 Å². The van der Waals surface area contributed by atoms with Crippen LogP contribution in [0.1, 0.15) is 11.1 Å². The van der Waals surface area contributed by atoms with Crippen LogP contribution in [0, 0.1) is 0 Å². The highest BCUT2D eigenvalue weighted by Crippen LogP contribution is 2.32. The molecule has 0 saturated heterocycles. The quantitative estimate of drug-likeness (QED) is 0.694. The average molecular weight is 401 g/mol. The van der Waals surface area contributed by atoms with Crippen LogP contribution in [0.3, 0.4) is 0 Å². The van der Waals surface area contributed by atoms with Crippen LogP contribution in [0.4, 0.5) is 11.6 Å². The Balaban J connectivity index is 1.69. The van der Waals surface area contributed by atoms with Gasteiger partial charge in [-0.3, -0.25) is 4.79 Å². The molecular formula is C17H13BrN4OS. The number of carbonyl (C=O) groups is 1. The third kappa shape index (κ3) is 2.92. The number of benzene rings is 1. The maximum atomic E-state index is 12.0. The van der Waals surface area contributed by atoms with Gasteiger partial charge in [-0.05, 0) is 39.0 Å². The van der Waals surface area contributed by atoms with E-state index in [0.29, 0.717) is 12.5 Å². The number of hydrogen-bond donors (Lipinski definition) is 2. The van der Waals surface area contributed by atoms with Crippen molar-refractivity contribution in [2.45, 2.75) is 13.0 Å². The summed E-state index contributed by atoms with van der Waals surface area (Å²) in [4.78, 5) is 21.0. The van der Waals surface area contributed by atoms with Crippen molar-refractivity contribution in [2.24, 2.45) is 0 Å². The number of amides is 1. The van der Waals surface area contributed by atoms with E-state index in [4.69, 9.17) is 0 Å². The van der Waals surface area contributed by atoms with Crippen molar-refractivity contribution in [3.8, 4) is 11.3 Å². The molecule has 7 heteroatoms. The summed E-state index contributed by atoms with van der Waals surface area (Å²) in [5.41, 5.74) is 4.49. The first-order valence-electron chi connectivity index (χ1n) is 7.41. The van der Waals surface area contributed by atoms with E-state index >= 15 is 0 Å². The number of nitrogens with one attached hydrogen (secondary N) is 2. The van der Waals surface area contributed by atoms with Crippen molar-refractivity contribution in [3.63, 3.8) is 0 Å². The molecule has 0 atom stereocenters. The summed E-state index contributed by atoms with van der Waals surface area (Å²) in [7, 11) is 0. The van der Waals surface area contributed by atoms with E-state index in [-0.39, 0.29) is 12.3 Å². The number of anilines is 2. The highest BCUT2D eigenvalue weighted by molar-refractivity contribution is 9.11. The summed E-state index contributed by atoms with van der Waals surface area (Å²) in [5.74, 6) is 0.503. The molecule has 2 N–H and O–H groups in total. The number of nitrogens with zero attached hydrogens (tertiary/aromatic N) is 2. The zero-order valence-corrected chi connectivity index (χ0v) is 14.9. The fourth-order valence-electron chi connectivity index (χ4n) is 2.64. The molecule has 0 saturated carbocycles. The maximum absolute atomic E-state index is 12.0. The average Bonchev–Trinajstić information content (AvgIpc) is 2.93. The third-order valence-corrected chi connectivity index (χ3v) is 5.61. The van der Waals surface area contributed by atoms with Crippen molar-refractivity contribution in [1.29, 1.82) is 0 Å². The molecule has 5 nitrogen and oxygen atoms in total. The molecule has 0 aliphatic carbocycles. The van der Waals surface area contributed by atoms with Crippen LogP contribution in [0.2, 0.25) is 0 Å². The Bertz CT molecular complexity index is 924. The van der Waals surface area contributed by atoms with Gasteiger partial charge in [-0.15, -0.1) is 11.3 Å². The number of fused-ring (bicyclic) bond motifs is 3. The monoisotopic (exact) mass is 400 g/mol. The lowest BCUT2D eigenvalue weighted by Gasteiger charge is -2.10. The molecule has 24 heavy (non-hydrogen) atoms. The molecule has 0 fully saturated rings. The second-order valence-corrected chi connectivity index (χ2v) is 7.65. The fraction of sp³-hybridized carbons (Fsp3) is 0.118. The fourth-order valence-corrected chi connectivity index (χ4v) is 3.88. The van der Waals surface area contributed by atoms with Crippen molar-refractivity contribution in [1.82, 2.24) is 9.97 Å². The van der Waals surface area contributed by atoms with Gasteiger partial charge < -0.3 is 10.6 Å². The zero-order chi connectivity index (χ0) is 16.5. The largest absolute Gasteiger partial charge is 0.350 e. The van der Waals surface area contributed by atoms with E-state index < -0.39 is 0 Å². The molecule has 2 aromatic heterocycles. The van der Waals surface area contributed by atoms with Gasteiger partial charge in [0.25, 0.3) is 0 Å². The molecule has 0 unspecified atom stereocenters. The smallest absolute Gasteiger partial charge is 0.228 e. The first-order chi connectivity index (χ1) is 11.7. The first-order valence-corrected chi connectivity index (χ1v) is 9.09. The van der Waals surface area contributed by atoms with E-state index in [9.17, 15) is 4.79 Å². The molecule has 0 spiro atoms. The predicted molar refractivity (Wildman–Crippen MR) is 99.1 cm³/mol. The minimum Gasteiger partial charge on any atom is -0.350 e. The summed E-state index contributed by atoms with van der Waals surface area (Å²) in [6.07, 6.45) is 2.01. The van der Waals surface area contributed by atoms with Gasteiger partial charge in [0.15, 0.2) is 0 Å². The van der Waals surface area contributed by atoms with Gasteiger partial charge in [0, 0.05) is 23.9 Å². The second-order valence-electron chi connectivity index (χ2n) is 5.41. The molecule has 1 aromatic carbocycles. The van der Waals surface area contributed by atoms with Gasteiger partial charge in [-0.2, -0.15) is 0 Å². The number of para-hydroxylation sites is 1. The highest BCUT2D eigenvalue weighted by Gasteiger charge is 2.20. The highest BCUT2D eigenvalue weighted by atomic mass is 79.9. The summed E-state index contributed by atoms with van der Waals surface area (Å²) in [6, 6.07) is 9.76. The van der Waals surface area contributed by atoms with Gasteiger partial charge in [0.05, 0.1) is 21.6 Å². The third-order valence-electron chi connectivity index (χ3n) is 3.80. The summed E-state index contributed by atoms with van der Waals surface area (Å²) in [5, 5.41) is 8.20. The van der Waals surface area contributed by atoms with Crippen LogP contribution in [-0.2, 0) is 17.8 Å². The number of aromatic nitrogens is 2. The molecule has 1 amide bonds. The lowest BCUT2D eigenvalue weighted by molar-refractivity contribution is -0.115. The minimum atomic E-state index is -0.0484. The van der Waals surface area contributed by atoms with Crippen LogP contribution in [0.25, 0.3) is 11.3 Å². The van der Waals surface area contributed by atoms with Crippen LogP contribution >= 0.6 is 27.3 Å². The maximum Gasteiger partial charge on any atom is 0.228 e. The minimum absolute atomic E-state index is 0.0484. The van der Waals surface area contributed by atoms with Crippen LogP contribution in [0.15, 0.2) is 45.7 Å². The topological polar surface area (TPSA) is 66.9 Å². The van der Waals surface area contributed by atoms with Gasteiger partial charge in [-0.25, -0.2) is 9.97 Å². The lowest BCUT2D eigenvalue weighted by atomic mass is 10.1. The number of rotatable bonds is 3. The van der Waals surface area contributed by atoms with Gasteiger partial charge in [0.1, 0.15) is 0 Å². The Hall–Kier alpha value is -2.25. The van der Waals surface area contributed by atoms with Crippen LogP contribution in [0.5, 0.6) is 0 Å². The van der Waals surface area contributed by atoms with Crippen LogP contribution in [-0.4, -0.2) is 15.9 Å². The van der Waals surface area contributed by atoms with Gasteiger partial charge in [0.2, 0.25) is 11.9 Å². The first kappa shape index (κ1) is 15.3. The molecule has 4 rings (SSSR count). The SMILES string of the molecule is O=C1Cc2cnc(NCc3ccsc3Br)nc2-c2ccccc2N1. The Kier molecular flexibility index (Phi) is 4.03. The van der Waals surface area contributed by atoms with E-state index in [1.165, 1.54) is 0 Å². The van der Waals surface area contributed by atoms with Crippen molar-refractivity contribution in [2.75, 3.05) is 10.6 Å². The second kappa shape index (κ2) is 6.33. The van der Waals surface area contributed by atoms with Crippen LogP contribution < -0.4 is 10.6 Å². The Labute approximate surface area is 151 Å². The molecular weight excluding hydrogens is 388 g/mol. The molecule has 1 aliphatic rings. The Morgan fingerprint density at radius 3 is 3.00 bits per heavy atom. The molecule has 120 valence electrons. The number of hydrogen-bond acceptors (Lipinski definition) is 5. The molecule has 0 radical (unpaired) electrons. The number of carbonyl (C=O) groups excluding carboxylic acids is 1. The zero-order valence-electron chi connectivity index (χ0n) is 12.5. The van der Waals surface area contributed by atoms with Crippen molar-refractivity contribution < 1.29 is 4.79 Å². The molecule has 1 aliphatic heterocycles. The Morgan fingerprint density at radius 2 is 2.17 bits per heavy atom. The predicted octanol–water partition coefficient (Wildman–Crippen LogP) is 4.07. The summed E-state index contributed by atoms with van der Waals surface area (Å²) < 4.78 is 1.10. The van der Waals surface area contributed by atoms with Crippen molar-refractivity contribution >= 4 is 44.8 Å². The standard InChI is InChI=1S/C17H13BrN4OS/c18-16-10(5-6-24-16)8-19-17-20-9-11-7-14(23)21-13-4-2-1-3-12(13)15(11)22-17/h1-6,9H,7-8H2,(H,21,23)(H,19,20,22). The molecule has 0 bridgehead atoms. The summed E-state index contributed by atoms with van der Waals surface area (Å²) in [6.45, 7) is 0.641. The number of thiophene rings is 1. The lowest BCUT2D eigenvalue weighted by Crippen LogP contribution is -2.12. The van der Waals surface area contributed by atoms with Crippen molar-refractivity contribution in [3.05, 3.63) is 56.8 Å². The van der Waals surface area contributed by atoms with Gasteiger partial charge >= 0.3 is 0 Å². The van der Waals surface area contributed by atoms with E-state index in [1.54, 1.807) is 17.5 Å². The molecule has 3 heterocycles. The Morgan fingerprint density at radius 1 is 1.29 bits per heavy atom. The summed E-state index contributed by atoms with van der Waals surface area (Å²) >= 11 is 5.18. The number of halogens is 1.